The summed E-state index contributed by atoms with van der Waals surface area (Å²) >= 11 is 7.28. The van der Waals surface area contributed by atoms with E-state index >= 15 is 0 Å². The summed E-state index contributed by atoms with van der Waals surface area (Å²) in [6.07, 6.45) is 1.19. The SMILES string of the molecule is C=CC(=O)Nc1cccc(Oc2nc(Nc3ccc(F)c(Cl)c3)nc3ccsc23)c1. The Morgan fingerprint density at radius 1 is 1.17 bits per heavy atom. The number of aromatic nitrogens is 2. The quantitative estimate of drug-likeness (QED) is 0.352. The fourth-order valence-electron chi connectivity index (χ4n) is 2.61. The van der Waals surface area contributed by atoms with Crippen LogP contribution in [0.2, 0.25) is 5.02 Å². The van der Waals surface area contributed by atoms with Crippen molar-refractivity contribution in [1.82, 2.24) is 9.97 Å². The van der Waals surface area contributed by atoms with Crippen LogP contribution < -0.4 is 15.4 Å². The predicted molar refractivity (Wildman–Crippen MR) is 117 cm³/mol. The van der Waals surface area contributed by atoms with Crippen molar-refractivity contribution in [1.29, 1.82) is 0 Å². The maximum atomic E-state index is 13.4. The molecule has 0 bridgehead atoms. The standard InChI is InChI=1S/C21H14ClFN4O2S/c1-2-18(28)24-12-4-3-5-14(10-12)29-20-19-17(8-9-30-19)26-21(27-20)25-13-6-7-16(23)15(22)11-13/h2-11H,1H2,(H,24,28)(H,25,26,27). The molecule has 2 N–H and O–H groups in total. The summed E-state index contributed by atoms with van der Waals surface area (Å²) in [5, 5.41) is 7.56. The molecule has 0 saturated carbocycles. The Hall–Kier alpha value is -3.49. The fourth-order valence-corrected chi connectivity index (χ4v) is 3.54. The molecule has 0 saturated heterocycles. The topological polar surface area (TPSA) is 76.1 Å². The third-order valence-electron chi connectivity index (χ3n) is 3.95. The molecular weight excluding hydrogens is 427 g/mol. The molecule has 4 rings (SSSR count). The highest BCUT2D eigenvalue weighted by molar-refractivity contribution is 7.17. The van der Waals surface area contributed by atoms with Crippen LogP contribution in [0.1, 0.15) is 0 Å². The number of carbonyl (C=O) groups excluding carboxylic acids is 1. The maximum Gasteiger partial charge on any atom is 0.247 e. The van der Waals surface area contributed by atoms with Crippen LogP contribution in [0.3, 0.4) is 0 Å². The first-order valence-electron chi connectivity index (χ1n) is 8.70. The number of amides is 1. The zero-order valence-electron chi connectivity index (χ0n) is 15.4. The van der Waals surface area contributed by atoms with Crippen LogP contribution in [0.5, 0.6) is 11.6 Å². The molecule has 0 fully saturated rings. The lowest BCUT2D eigenvalue weighted by Crippen LogP contribution is -2.07. The molecule has 2 aromatic heterocycles. The average Bonchev–Trinajstić information content (AvgIpc) is 3.20. The van der Waals surface area contributed by atoms with Gasteiger partial charge in [0, 0.05) is 17.4 Å². The van der Waals surface area contributed by atoms with Gasteiger partial charge < -0.3 is 15.4 Å². The number of halogens is 2. The number of rotatable bonds is 6. The van der Waals surface area contributed by atoms with Crippen molar-refractivity contribution in [3.8, 4) is 11.6 Å². The van der Waals surface area contributed by atoms with Gasteiger partial charge in [0.15, 0.2) is 0 Å². The molecule has 6 nitrogen and oxygen atoms in total. The number of thiophene rings is 1. The Kier molecular flexibility index (Phi) is 5.60. The van der Waals surface area contributed by atoms with Gasteiger partial charge in [-0.05, 0) is 47.9 Å². The van der Waals surface area contributed by atoms with Gasteiger partial charge in [-0.3, -0.25) is 4.79 Å². The van der Waals surface area contributed by atoms with Gasteiger partial charge in [-0.15, -0.1) is 11.3 Å². The van der Waals surface area contributed by atoms with Crippen LogP contribution in [0, 0.1) is 5.82 Å². The summed E-state index contributed by atoms with van der Waals surface area (Å²) in [6, 6.07) is 13.0. The Balaban J connectivity index is 1.64. The lowest BCUT2D eigenvalue weighted by atomic mass is 10.3. The van der Waals surface area contributed by atoms with Gasteiger partial charge in [0.2, 0.25) is 17.7 Å². The number of nitrogens with one attached hydrogen (secondary N) is 2. The van der Waals surface area contributed by atoms with Crippen LogP contribution in [-0.2, 0) is 4.79 Å². The zero-order valence-corrected chi connectivity index (χ0v) is 16.9. The van der Waals surface area contributed by atoms with Crippen LogP contribution >= 0.6 is 22.9 Å². The molecule has 9 heteroatoms. The number of nitrogens with zero attached hydrogens (tertiary/aromatic N) is 2. The first kappa shape index (κ1) is 19.8. The molecule has 30 heavy (non-hydrogen) atoms. The van der Waals surface area contributed by atoms with E-state index in [9.17, 15) is 9.18 Å². The van der Waals surface area contributed by atoms with Gasteiger partial charge in [-0.2, -0.15) is 4.98 Å². The van der Waals surface area contributed by atoms with E-state index in [1.807, 2.05) is 11.4 Å². The summed E-state index contributed by atoms with van der Waals surface area (Å²) in [5.74, 6) is 0.275. The molecule has 0 unspecified atom stereocenters. The Bertz CT molecular complexity index is 1260. The third kappa shape index (κ3) is 4.40. The van der Waals surface area contributed by atoms with Crippen molar-refractivity contribution in [2.24, 2.45) is 0 Å². The van der Waals surface area contributed by atoms with E-state index in [2.05, 4.69) is 27.2 Å². The first-order chi connectivity index (χ1) is 14.5. The lowest BCUT2D eigenvalue weighted by Gasteiger charge is -2.11. The average molecular weight is 441 g/mol. The van der Waals surface area contributed by atoms with E-state index in [1.165, 1.54) is 35.6 Å². The predicted octanol–water partition coefficient (Wildman–Crippen LogP) is 6.14. The van der Waals surface area contributed by atoms with Crippen LogP contribution in [0.25, 0.3) is 10.2 Å². The van der Waals surface area contributed by atoms with Gasteiger partial charge in [0.25, 0.3) is 0 Å². The van der Waals surface area contributed by atoms with Gasteiger partial charge >= 0.3 is 0 Å². The highest BCUT2D eigenvalue weighted by Gasteiger charge is 2.13. The molecular formula is C21H14ClFN4O2S. The van der Waals surface area contributed by atoms with Gasteiger partial charge in [0.1, 0.15) is 16.3 Å². The van der Waals surface area contributed by atoms with Gasteiger partial charge in [-0.1, -0.05) is 24.2 Å². The number of ether oxygens (including phenoxy) is 1. The van der Waals surface area contributed by atoms with Gasteiger partial charge in [-0.25, -0.2) is 9.37 Å². The normalized spacial score (nSPS) is 10.6. The van der Waals surface area contributed by atoms with Crippen molar-refractivity contribution < 1.29 is 13.9 Å². The van der Waals surface area contributed by atoms with E-state index in [1.54, 1.807) is 24.3 Å². The second-order valence-corrected chi connectivity index (χ2v) is 7.39. The zero-order chi connectivity index (χ0) is 21.1. The Labute approximate surface area is 180 Å². The van der Waals surface area contributed by atoms with Crippen molar-refractivity contribution in [2.75, 3.05) is 10.6 Å². The van der Waals surface area contributed by atoms with E-state index in [0.717, 1.165) is 4.70 Å². The molecule has 0 radical (unpaired) electrons. The number of hydrogen-bond acceptors (Lipinski definition) is 6. The summed E-state index contributed by atoms with van der Waals surface area (Å²) in [6.45, 7) is 3.43. The van der Waals surface area contributed by atoms with E-state index in [-0.39, 0.29) is 16.9 Å². The molecule has 0 aliphatic rings. The number of fused-ring (bicyclic) bond motifs is 1. The lowest BCUT2D eigenvalue weighted by molar-refractivity contribution is -0.111. The van der Waals surface area contributed by atoms with Crippen molar-refractivity contribution in [3.05, 3.63) is 77.4 Å². The Morgan fingerprint density at radius 2 is 2.03 bits per heavy atom. The summed E-state index contributed by atoms with van der Waals surface area (Å²) in [4.78, 5) is 20.4. The monoisotopic (exact) mass is 440 g/mol. The molecule has 4 aromatic rings. The first-order valence-corrected chi connectivity index (χ1v) is 9.96. The molecule has 0 aliphatic carbocycles. The second kappa shape index (κ2) is 8.48. The number of benzene rings is 2. The van der Waals surface area contributed by atoms with Crippen molar-refractivity contribution >= 4 is 56.4 Å². The molecule has 0 atom stereocenters. The molecule has 0 spiro atoms. The minimum Gasteiger partial charge on any atom is -0.437 e. The number of hydrogen-bond donors (Lipinski definition) is 2. The largest absolute Gasteiger partial charge is 0.437 e. The number of anilines is 3. The van der Waals surface area contributed by atoms with E-state index in [0.29, 0.717) is 28.5 Å². The summed E-state index contributed by atoms with van der Waals surface area (Å²) in [7, 11) is 0. The molecule has 2 heterocycles. The van der Waals surface area contributed by atoms with E-state index < -0.39 is 5.82 Å². The van der Waals surface area contributed by atoms with Crippen LogP contribution in [0.4, 0.5) is 21.7 Å². The minimum absolute atomic E-state index is 0.00790. The van der Waals surface area contributed by atoms with Crippen molar-refractivity contribution in [3.63, 3.8) is 0 Å². The molecule has 2 aromatic carbocycles. The van der Waals surface area contributed by atoms with Crippen molar-refractivity contribution in [2.45, 2.75) is 0 Å². The van der Waals surface area contributed by atoms with Crippen LogP contribution in [-0.4, -0.2) is 15.9 Å². The molecule has 150 valence electrons. The molecule has 1 amide bonds. The smallest absolute Gasteiger partial charge is 0.247 e. The number of carbonyl (C=O) groups is 1. The van der Waals surface area contributed by atoms with E-state index in [4.69, 9.17) is 16.3 Å². The Morgan fingerprint density at radius 3 is 2.83 bits per heavy atom. The maximum absolute atomic E-state index is 13.4. The minimum atomic E-state index is -0.510. The second-order valence-electron chi connectivity index (χ2n) is 6.06. The summed E-state index contributed by atoms with van der Waals surface area (Å²) < 4.78 is 20.1. The molecule has 0 aliphatic heterocycles. The van der Waals surface area contributed by atoms with Crippen LogP contribution in [0.15, 0.2) is 66.6 Å². The fraction of sp³-hybridized carbons (Fsp3) is 0. The summed E-state index contributed by atoms with van der Waals surface area (Å²) in [5.41, 5.74) is 1.79. The highest BCUT2D eigenvalue weighted by Crippen LogP contribution is 2.34. The van der Waals surface area contributed by atoms with Gasteiger partial charge in [0.05, 0.1) is 10.5 Å². The highest BCUT2D eigenvalue weighted by atomic mass is 35.5. The third-order valence-corrected chi connectivity index (χ3v) is 5.13.